The first kappa shape index (κ1) is 12.5. The molecule has 0 bridgehead atoms. The summed E-state index contributed by atoms with van der Waals surface area (Å²) in [5, 5.41) is 29.4. The third kappa shape index (κ3) is 2.20. The molecule has 7 nitrogen and oxygen atoms in total. The molecular formula is C10H9ClN4O3. The minimum atomic E-state index is -1.11. The van der Waals surface area contributed by atoms with Gasteiger partial charge in [0.05, 0.1) is 35.5 Å². The average molecular weight is 269 g/mol. The predicted octanol–water partition coefficient (Wildman–Crippen LogP) is 1.11. The van der Waals surface area contributed by atoms with E-state index in [1.54, 1.807) is 4.90 Å². The molecule has 1 aliphatic heterocycles. The smallest absolute Gasteiger partial charge is 0.313 e. The second-order valence-corrected chi connectivity index (χ2v) is 4.61. The van der Waals surface area contributed by atoms with Gasteiger partial charge in [-0.1, -0.05) is 11.6 Å². The van der Waals surface area contributed by atoms with Gasteiger partial charge in [0.25, 0.3) is 0 Å². The highest BCUT2D eigenvalue weighted by atomic mass is 35.5. The summed E-state index contributed by atoms with van der Waals surface area (Å²) in [6.07, 6.45) is 1.30. The molecule has 1 aromatic rings. The Morgan fingerprint density at radius 2 is 2.39 bits per heavy atom. The third-order valence-corrected chi connectivity index (χ3v) is 2.90. The number of hydrogen-bond donors (Lipinski definition) is 1. The molecule has 0 unspecified atom stereocenters. The van der Waals surface area contributed by atoms with Crippen LogP contribution in [0.2, 0.25) is 5.02 Å². The molecule has 0 aromatic carbocycles. The van der Waals surface area contributed by atoms with Crippen LogP contribution in [0.5, 0.6) is 0 Å². The van der Waals surface area contributed by atoms with E-state index in [0.29, 0.717) is 0 Å². The predicted molar refractivity (Wildman–Crippen MR) is 63.3 cm³/mol. The standard InChI is InChI=1S/C10H9ClN4O3/c11-7-3-8(15(17)18)9(13-4-7)14-5-10(16,6-14)1-2-12/h3-4,16H,1,5-6H2. The second-order valence-electron chi connectivity index (χ2n) is 4.17. The minimum Gasteiger partial charge on any atom is -0.385 e. The van der Waals surface area contributed by atoms with Crippen LogP contribution in [0.3, 0.4) is 0 Å². The molecular weight excluding hydrogens is 260 g/mol. The average Bonchev–Trinajstić information content (AvgIpc) is 2.26. The van der Waals surface area contributed by atoms with Crippen LogP contribution in [0.15, 0.2) is 12.3 Å². The Morgan fingerprint density at radius 1 is 1.72 bits per heavy atom. The number of pyridine rings is 1. The van der Waals surface area contributed by atoms with E-state index in [1.807, 2.05) is 6.07 Å². The highest BCUT2D eigenvalue weighted by molar-refractivity contribution is 6.30. The number of anilines is 1. The number of halogens is 1. The lowest BCUT2D eigenvalue weighted by atomic mass is 9.91. The Labute approximate surface area is 107 Å². The first-order valence-corrected chi connectivity index (χ1v) is 5.47. The molecule has 0 spiro atoms. The summed E-state index contributed by atoms with van der Waals surface area (Å²) >= 11 is 5.65. The van der Waals surface area contributed by atoms with Gasteiger partial charge in [0.2, 0.25) is 5.82 Å². The maximum atomic E-state index is 10.9. The van der Waals surface area contributed by atoms with Crippen molar-refractivity contribution >= 4 is 23.1 Å². The zero-order chi connectivity index (χ0) is 13.3. The first-order valence-electron chi connectivity index (χ1n) is 5.09. The molecule has 1 aliphatic rings. The largest absolute Gasteiger partial charge is 0.385 e. The summed E-state index contributed by atoms with van der Waals surface area (Å²) in [4.78, 5) is 15.8. The molecule has 1 saturated heterocycles. The molecule has 1 fully saturated rings. The summed E-state index contributed by atoms with van der Waals surface area (Å²) in [5.74, 6) is 0.159. The molecule has 0 saturated carbocycles. The van der Waals surface area contributed by atoms with Crippen molar-refractivity contribution in [2.24, 2.45) is 0 Å². The monoisotopic (exact) mass is 268 g/mol. The third-order valence-electron chi connectivity index (χ3n) is 2.69. The van der Waals surface area contributed by atoms with Crippen LogP contribution in [0.4, 0.5) is 11.5 Å². The van der Waals surface area contributed by atoms with Crippen molar-refractivity contribution in [3.63, 3.8) is 0 Å². The topological polar surface area (TPSA) is 103 Å². The highest BCUT2D eigenvalue weighted by Gasteiger charge is 2.43. The van der Waals surface area contributed by atoms with Gasteiger partial charge in [-0.05, 0) is 0 Å². The van der Waals surface area contributed by atoms with E-state index in [2.05, 4.69) is 4.98 Å². The fourth-order valence-corrected chi connectivity index (χ4v) is 2.02. The minimum absolute atomic E-state index is 0.00904. The fourth-order valence-electron chi connectivity index (χ4n) is 1.87. The molecule has 2 rings (SSSR count). The Hall–Kier alpha value is -1.91. The van der Waals surface area contributed by atoms with Crippen LogP contribution in [-0.4, -0.2) is 33.7 Å². The van der Waals surface area contributed by atoms with Gasteiger partial charge in [0, 0.05) is 12.3 Å². The lowest BCUT2D eigenvalue weighted by Crippen LogP contribution is -2.62. The number of nitrogens with zero attached hydrogens (tertiary/aromatic N) is 4. The lowest BCUT2D eigenvalue weighted by Gasteiger charge is -2.45. The lowest BCUT2D eigenvalue weighted by molar-refractivity contribution is -0.384. The first-order chi connectivity index (χ1) is 8.45. The van der Waals surface area contributed by atoms with Crippen molar-refractivity contribution in [2.45, 2.75) is 12.0 Å². The van der Waals surface area contributed by atoms with Crippen LogP contribution in [0.25, 0.3) is 0 Å². The van der Waals surface area contributed by atoms with Crippen LogP contribution in [0, 0.1) is 21.4 Å². The van der Waals surface area contributed by atoms with Gasteiger partial charge >= 0.3 is 5.69 Å². The van der Waals surface area contributed by atoms with Crippen molar-refractivity contribution in [3.05, 3.63) is 27.4 Å². The highest BCUT2D eigenvalue weighted by Crippen LogP contribution is 2.35. The maximum Gasteiger partial charge on any atom is 0.313 e. The SMILES string of the molecule is N#CCC1(O)CN(c2ncc(Cl)cc2[N+](=O)[O-])C1. The number of aliphatic hydroxyl groups is 1. The Balaban J connectivity index is 2.22. The number of nitro groups is 1. The van der Waals surface area contributed by atoms with Crippen molar-refractivity contribution in [3.8, 4) is 6.07 Å². The number of rotatable bonds is 3. The number of hydrogen-bond acceptors (Lipinski definition) is 6. The van der Waals surface area contributed by atoms with E-state index in [9.17, 15) is 15.2 Å². The summed E-state index contributed by atoms with van der Waals surface area (Å²) in [5.41, 5.74) is -1.31. The number of aromatic nitrogens is 1. The van der Waals surface area contributed by atoms with Crippen LogP contribution in [0.1, 0.15) is 6.42 Å². The maximum absolute atomic E-state index is 10.9. The molecule has 1 N–H and O–H groups in total. The zero-order valence-electron chi connectivity index (χ0n) is 9.21. The molecule has 2 heterocycles. The molecule has 1 aromatic heterocycles. The molecule has 0 aliphatic carbocycles. The fraction of sp³-hybridized carbons (Fsp3) is 0.400. The van der Waals surface area contributed by atoms with Gasteiger partial charge in [-0.15, -0.1) is 0 Å². The van der Waals surface area contributed by atoms with Gasteiger partial charge in [0.1, 0.15) is 5.60 Å². The quantitative estimate of drug-likeness (QED) is 0.650. The van der Waals surface area contributed by atoms with Crippen molar-refractivity contribution in [1.82, 2.24) is 4.98 Å². The normalized spacial score (nSPS) is 16.8. The van der Waals surface area contributed by atoms with E-state index in [0.717, 1.165) is 0 Å². The molecule has 8 heteroatoms. The van der Waals surface area contributed by atoms with Gasteiger partial charge < -0.3 is 10.0 Å². The Bertz CT molecular complexity index is 536. The van der Waals surface area contributed by atoms with E-state index in [4.69, 9.17) is 16.9 Å². The van der Waals surface area contributed by atoms with Crippen molar-refractivity contribution in [1.29, 1.82) is 5.26 Å². The van der Waals surface area contributed by atoms with Gasteiger partial charge in [-0.25, -0.2) is 4.98 Å². The molecule has 0 amide bonds. The van der Waals surface area contributed by atoms with Gasteiger partial charge in [0.15, 0.2) is 0 Å². The van der Waals surface area contributed by atoms with Gasteiger partial charge in [-0.2, -0.15) is 5.26 Å². The van der Waals surface area contributed by atoms with E-state index >= 15 is 0 Å². The van der Waals surface area contributed by atoms with E-state index < -0.39 is 10.5 Å². The molecule has 18 heavy (non-hydrogen) atoms. The Kier molecular flexibility index (Phi) is 3.07. The van der Waals surface area contributed by atoms with Crippen molar-refractivity contribution < 1.29 is 10.0 Å². The van der Waals surface area contributed by atoms with Crippen LogP contribution in [-0.2, 0) is 0 Å². The van der Waals surface area contributed by atoms with E-state index in [-0.39, 0.29) is 36.0 Å². The summed E-state index contributed by atoms with van der Waals surface area (Å²) in [7, 11) is 0. The summed E-state index contributed by atoms with van der Waals surface area (Å²) in [6.45, 7) is 0.298. The molecule has 0 radical (unpaired) electrons. The van der Waals surface area contributed by atoms with Crippen LogP contribution >= 0.6 is 11.6 Å². The second kappa shape index (κ2) is 4.40. The van der Waals surface area contributed by atoms with Crippen LogP contribution < -0.4 is 4.90 Å². The summed E-state index contributed by atoms with van der Waals surface area (Å²) < 4.78 is 0. The molecule has 94 valence electrons. The van der Waals surface area contributed by atoms with Crippen molar-refractivity contribution in [2.75, 3.05) is 18.0 Å². The molecule has 0 atom stereocenters. The van der Waals surface area contributed by atoms with Gasteiger partial charge in [-0.3, -0.25) is 10.1 Å². The Morgan fingerprint density at radius 3 is 2.94 bits per heavy atom. The zero-order valence-corrected chi connectivity index (χ0v) is 9.96. The number of β-amino-alcohol motifs (C(OH)–C–C–N with tert-alkyl or cyclic N) is 1. The van der Waals surface area contributed by atoms with E-state index in [1.165, 1.54) is 12.3 Å². The summed E-state index contributed by atoms with van der Waals surface area (Å²) in [6, 6.07) is 3.09. The number of nitriles is 1.